The molecule has 0 aliphatic rings. The van der Waals surface area contributed by atoms with Gasteiger partial charge in [-0.3, -0.25) is 14.5 Å². The van der Waals surface area contributed by atoms with E-state index in [2.05, 4.69) is 5.32 Å². The van der Waals surface area contributed by atoms with Crippen LogP contribution in [0.1, 0.15) is 41.0 Å². The predicted molar refractivity (Wildman–Crippen MR) is 71.2 cm³/mol. The molecule has 1 unspecified atom stereocenters. The van der Waals surface area contributed by atoms with E-state index in [9.17, 15) is 9.59 Å². The largest absolute Gasteiger partial charge is 0.465 e. The fourth-order valence-corrected chi connectivity index (χ4v) is 1.40. The first-order valence-corrected chi connectivity index (χ1v) is 6.59. The normalized spacial score (nSPS) is 12.6. The van der Waals surface area contributed by atoms with E-state index < -0.39 is 0 Å². The molecule has 18 heavy (non-hydrogen) atoms. The Morgan fingerprint density at radius 1 is 1.17 bits per heavy atom. The van der Waals surface area contributed by atoms with Crippen LogP contribution in [-0.4, -0.2) is 48.6 Å². The minimum absolute atomic E-state index is 0.0534. The number of hydrogen-bond acceptors (Lipinski definition) is 4. The van der Waals surface area contributed by atoms with E-state index in [0.29, 0.717) is 6.61 Å². The van der Waals surface area contributed by atoms with E-state index >= 15 is 0 Å². The van der Waals surface area contributed by atoms with E-state index in [1.165, 1.54) is 0 Å². The molecule has 0 bridgehead atoms. The summed E-state index contributed by atoms with van der Waals surface area (Å²) in [6, 6.07) is 0.284. The summed E-state index contributed by atoms with van der Waals surface area (Å²) < 4.78 is 4.89. The highest BCUT2D eigenvalue weighted by Gasteiger charge is 2.18. The Morgan fingerprint density at radius 2 is 1.78 bits per heavy atom. The maximum absolute atomic E-state index is 11.8. The molecule has 1 amide bonds. The fourth-order valence-electron chi connectivity index (χ4n) is 1.40. The Balaban J connectivity index is 4.27. The van der Waals surface area contributed by atoms with Crippen LogP contribution in [0, 0.1) is 0 Å². The van der Waals surface area contributed by atoms with Gasteiger partial charge in [-0.15, -0.1) is 0 Å². The van der Waals surface area contributed by atoms with Crippen LogP contribution in [0.15, 0.2) is 0 Å². The first kappa shape index (κ1) is 16.9. The Hall–Kier alpha value is -1.10. The second kappa shape index (κ2) is 8.91. The summed E-state index contributed by atoms with van der Waals surface area (Å²) >= 11 is 0. The summed E-state index contributed by atoms with van der Waals surface area (Å²) in [5.74, 6) is -0.343. The van der Waals surface area contributed by atoms with Gasteiger partial charge in [0.1, 0.15) is 0 Å². The van der Waals surface area contributed by atoms with Crippen molar-refractivity contribution in [1.29, 1.82) is 0 Å². The lowest BCUT2D eigenvalue weighted by Gasteiger charge is -2.25. The molecule has 0 aromatic carbocycles. The van der Waals surface area contributed by atoms with Crippen molar-refractivity contribution in [3.63, 3.8) is 0 Å². The number of hydrogen-bond donors (Lipinski definition) is 1. The zero-order valence-corrected chi connectivity index (χ0v) is 12.2. The molecule has 0 aromatic rings. The monoisotopic (exact) mass is 258 g/mol. The number of carbonyl (C=O) groups is 2. The smallest absolute Gasteiger partial charge is 0.320 e. The highest BCUT2D eigenvalue weighted by molar-refractivity contribution is 5.79. The number of rotatable bonds is 8. The van der Waals surface area contributed by atoms with E-state index in [0.717, 1.165) is 6.42 Å². The van der Waals surface area contributed by atoms with E-state index in [-0.39, 0.29) is 37.0 Å². The van der Waals surface area contributed by atoms with Gasteiger partial charge in [0.25, 0.3) is 0 Å². The first-order chi connectivity index (χ1) is 8.40. The standard InChI is InChI=1S/C13H26N2O3/c1-6-11(5)14-12(16)8-15(10(3)4)9-13(17)18-7-2/h10-11H,6-9H2,1-5H3,(H,14,16). The zero-order chi connectivity index (χ0) is 14.1. The molecule has 0 rings (SSSR count). The second-order valence-electron chi connectivity index (χ2n) is 4.68. The molecule has 0 radical (unpaired) electrons. The quantitative estimate of drug-likeness (QED) is 0.664. The van der Waals surface area contributed by atoms with Gasteiger partial charge in [-0.1, -0.05) is 6.92 Å². The topological polar surface area (TPSA) is 58.6 Å². The lowest BCUT2D eigenvalue weighted by atomic mass is 10.2. The SMILES string of the molecule is CCOC(=O)CN(CC(=O)NC(C)CC)C(C)C. The number of amides is 1. The van der Waals surface area contributed by atoms with Crippen LogP contribution in [0.3, 0.4) is 0 Å². The van der Waals surface area contributed by atoms with Crippen LogP contribution in [0.25, 0.3) is 0 Å². The highest BCUT2D eigenvalue weighted by atomic mass is 16.5. The zero-order valence-electron chi connectivity index (χ0n) is 12.2. The maximum atomic E-state index is 11.8. The van der Waals surface area contributed by atoms with Gasteiger partial charge in [-0.25, -0.2) is 0 Å². The van der Waals surface area contributed by atoms with Crippen molar-refractivity contribution in [2.45, 2.75) is 53.1 Å². The van der Waals surface area contributed by atoms with Crippen LogP contribution in [-0.2, 0) is 14.3 Å². The molecule has 5 nitrogen and oxygen atoms in total. The number of esters is 1. The van der Waals surface area contributed by atoms with E-state index in [1.54, 1.807) is 11.8 Å². The molecule has 0 aromatic heterocycles. The fraction of sp³-hybridized carbons (Fsp3) is 0.846. The van der Waals surface area contributed by atoms with Gasteiger partial charge in [-0.2, -0.15) is 0 Å². The predicted octanol–water partition coefficient (Wildman–Crippen LogP) is 1.17. The summed E-state index contributed by atoms with van der Waals surface area (Å²) in [5, 5.41) is 2.89. The average molecular weight is 258 g/mol. The summed E-state index contributed by atoms with van der Waals surface area (Å²) in [5.41, 5.74) is 0. The van der Waals surface area contributed by atoms with Gasteiger partial charge in [0, 0.05) is 12.1 Å². The van der Waals surface area contributed by atoms with Crippen LogP contribution >= 0.6 is 0 Å². The molecular weight excluding hydrogens is 232 g/mol. The van der Waals surface area contributed by atoms with Crippen LogP contribution in [0.4, 0.5) is 0 Å². The highest BCUT2D eigenvalue weighted by Crippen LogP contribution is 1.99. The first-order valence-electron chi connectivity index (χ1n) is 6.59. The summed E-state index contributed by atoms with van der Waals surface area (Å²) in [7, 11) is 0. The Bertz CT molecular complexity index is 267. The van der Waals surface area contributed by atoms with Gasteiger partial charge in [-0.05, 0) is 34.1 Å². The van der Waals surface area contributed by atoms with Crippen molar-refractivity contribution in [2.24, 2.45) is 0 Å². The molecular formula is C13H26N2O3. The summed E-state index contributed by atoms with van der Waals surface area (Å²) in [6.45, 7) is 10.4. The van der Waals surface area contributed by atoms with Crippen molar-refractivity contribution < 1.29 is 14.3 Å². The van der Waals surface area contributed by atoms with Crippen molar-refractivity contribution in [3.05, 3.63) is 0 Å². The van der Waals surface area contributed by atoms with Gasteiger partial charge in [0.2, 0.25) is 5.91 Å². The van der Waals surface area contributed by atoms with Gasteiger partial charge >= 0.3 is 5.97 Å². The molecule has 0 saturated heterocycles. The van der Waals surface area contributed by atoms with Crippen molar-refractivity contribution in [2.75, 3.05) is 19.7 Å². The molecule has 0 aliphatic heterocycles. The van der Waals surface area contributed by atoms with Crippen molar-refractivity contribution in [3.8, 4) is 0 Å². The van der Waals surface area contributed by atoms with E-state index in [4.69, 9.17) is 4.74 Å². The molecule has 0 heterocycles. The molecule has 0 spiro atoms. The Labute approximate surface area is 110 Å². The third-order valence-electron chi connectivity index (χ3n) is 2.73. The number of ether oxygens (including phenoxy) is 1. The van der Waals surface area contributed by atoms with Crippen molar-refractivity contribution >= 4 is 11.9 Å². The Kier molecular flexibility index (Phi) is 8.37. The van der Waals surface area contributed by atoms with Crippen LogP contribution < -0.4 is 5.32 Å². The van der Waals surface area contributed by atoms with Crippen LogP contribution in [0.2, 0.25) is 0 Å². The molecule has 106 valence electrons. The third kappa shape index (κ3) is 7.27. The average Bonchev–Trinajstić information content (AvgIpc) is 2.27. The van der Waals surface area contributed by atoms with Gasteiger partial charge in [0.15, 0.2) is 0 Å². The molecule has 0 fully saturated rings. The molecule has 1 atom stereocenters. The second-order valence-corrected chi connectivity index (χ2v) is 4.68. The molecule has 0 aliphatic carbocycles. The molecule has 0 saturated carbocycles. The van der Waals surface area contributed by atoms with E-state index in [1.807, 2.05) is 27.7 Å². The maximum Gasteiger partial charge on any atom is 0.320 e. The van der Waals surface area contributed by atoms with Crippen LogP contribution in [0.5, 0.6) is 0 Å². The third-order valence-corrected chi connectivity index (χ3v) is 2.73. The molecule has 5 heteroatoms. The number of nitrogens with one attached hydrogen (secondary N) is 1. The summed E-state index contributed by atoms with van der Waals surface area (Å²) in [4.78, 5) is 25.0. The summed E-state index contributed by atoms with van der Waals surface area (Å²) in [6.07, 6.45) is 0.894. The minimum atomic E-state index is -0.289. The number of nitrogens with zero attached hydrogens (tertiary/aromatic N) is 1. The Morgan fingerprint density at radius 3 is 2.22 bits per heavy atom. The lowest BCUT2D eigenvalue weighted by Crippen LogP contribution is -2.45. The minimum Gasteiger partial charge on any atom is -0.465 e. The van der Waals surface area contributed by atoms with Gasteiger partial charge < -0.3 is 10.1 Å². The molecule has 1 N–H and O–H groups in total. The number of carbonyl (C=O) groups excluding carboxylic acids is 2. The van der Waals surface area contributed by atoms with Crippen molar-refractivity contribution in [1.82, 2.24) is 10.2 Å². The van der Waals surface area contributed by atoms with Gasteiger partial charge in [0.05, 0.1) is 19.7 Å². The lowest BCUT2D eigenvalue weighted by molar-refractivity contribution is -0.145.